The second-order valence-electron chi connectivity index (χ2n) is 3.94. The van der Waals surface area contributed by atoms with E-state index in [1.165, 1.54) is 20.2 Å². The van der Waals surface area contributed by atoms with Gasteiger partial charge in [0.25, 0.3) is 0 Å². The zero-order chi connectivity index (χ0) is 12.3. The Balaban J connectivity index is 2.24. The van der Waals surface area contributed by atoms with E-state index in [0.717, 1.165) is 4.91 Å². The number of rotatable bonds is 3. The largest absolute Gasteiger partial charge is 0.143 e. The van der Waals surface area contributed by atoms with Crippen LogP contribution in [0.3, 0.4) is 0 Å². The summed E-state index contributed by atoms with van der Waals surface area (Å²) in [6, 6.07) is 8.54. The van der Waals surface area contributed by atoms with E-state index < -0.39 is 0 Å². The summed E-state index contributed by atoms with van der Waals surface area (Å²) in [4.78, 5) is 4.88. The topological polar surface area (TPSA) is 0 Å². The van der Waals surface area contributed by atoms with Crippen molar-refractivity contribution in [1.29, 1.82) is 0 Å². The first kappa shape index (κ1) is 12.7. The van der Waals surface area contributed by atoms with Crippen molar-refractivity contribution in [3.8, 4) is 9.75 Å². The molecule has 0 N–H and O–H groups in total. The van der Waals surface area contributed by atoms with Gasteiger partial charge >= 0.3 is 0 Å². The molecule has 0 aliphatic rings. The monoisotopic (exact) mass is 278 g/mol. The highest BCUT2D eigenvalue weighted by Gasteiger charge is 2.04. The Kier molecular flexibility index (Phi) is 4.26. The Morgan fingerprint density at radius 2 is 1.94 bits per heavy atom. The number of thiophene rings is 2. The van der Waals surface area contributed by atoms with Crippen LogP contribution in [0.25, 0.3) is 14.7 Å². The smallest absolute Gasteiger partial charge is 0.0449 e. The van der Waals surface area contributed by atoms with Crippen LogP contribution in [-0.2, 0) is 0 Å². The molecule has 2 heterocycles. The van der Waals surface area contributed by atoms with E-state index in [1.807, 2.05) is 0 Å². The maximum Gasteiger partial charge on any atom is 0.0449 e. The highest BCUT2D eigenvalue weighted by molar-refractivity contribution is 7.90. The van der Waals surface area contributed by atoms with Gasteiger partial charge in [0, 0.05) is 19.5 Å². The zero-order valence-electron chi connectivity index (χ0n) is 9.81. The Hall–Kier alpha value is -0.770. The molecule has 0 fully saturated rings. The fourth-order valence-electron chi connectivity index (χ4n) is 1.35. The third kappa shape index (κ3) is 3.35. The van der Waals surface area contributed by atoms with Crippen molar-refractivity contribution in [2.24, 2.45) is 0 Å². The van der Waals surface area contributed by atoms with Gasteiger partial charge in [-0.25, -0.2) is 0 Å². The molecule has 0 spiro atoms. The van der Waals surface area contributed by atoms with Gasteiger partial charge in [-0.1, -0.05) is 17.7 Å². The first-order chi connectivity index (χ1) is 8.16. The molecule has 0 aromatic carbocycles. The van der Waals surface area contributed by atoms with Crippen LogP contribution in [0.4, 0.5) is 0 Å². The Morgan fingerprint density at radius 1 is 1.12 bits per heavy atom. The van der Waals surface area contributed by atoms with E-state index in [-0.39, 0.29) is 0 Å². The molecule has 0 amide bonds. The third-order valence-corrected chi connectivity index (χ3v) is 4.92. The van der Waals surface area contributed by atoms with Crippen molar-refractivity contribution < 1.29 is 0 Å². The van der Waals surface area contributed by atoms with Gasteiger partial charge in [0.1, 0.15) is 0 Å². The summed E-state index contributed by atoms with van der Waals surface area (Å²) in [5.41, 5.74) is 1.28. The van der Waals surface area contributed by atoms with Crippen LogP contribution in [0.5, 0.6) is 0 Å². The molecular weight excluding hydrogens is 264 g/mol. The average molecular weight is 278 g/mol. The van der Waals surface area contributed by atoms with Gasteiger partial charge in [0.05, 0.1) is 0 Å². The van der Waals surface area contributed by atoms with Crippen molar-refractivity contribution >= 4 is 40.2 Å². The number of hydrogen-bond donors (Lipinski definition) is 1. The molecule has 0 atom stereocenters. The van der Waals surface area contributed by atoms with Crippen LogP contribution in [0.15, 0.2) is 47.4 Å². The summed E-state index contributed by atoms with van der Waals surface area (Å²) in [6.07, 6.45) is 4.15. The summed E-state index contributed by atoms with van der Waals surface area (Å²) in [7, 11) is 0. The molecule has 0 aliphatic carbocycles. The molecule has 0 unspecified atom stereocenters. The first-order valence-electron chi connectivity index (χ1n) is 5.35. The lowest BCUT2D eigenvalue weighted by molar-refractivity contribution is 1.40. The van der Waals surface area contributed by atoms with Gasteiger partial charge < -0.3 is 0 Å². The van der Waals surface area contributed by atoms with Gasteiger partial charge in [0.15, 0.2) is 0 Å². The summed E-state index contributed by atoms with van der Waals surface area (Å²) in [5.74, 6) is 0. The molecule has 2 rings (SSSR count). The van der Waals surface area contributed by atoms with E-state index in [1.54, 1.807) is 22.7 Å². The van der Waals surface area contributed by atoms with E-state index >= 15 is 0 Å². The van der Waals surface area contributed by atoms with E-state index in [2.05, 4.69) is 68.3 Å². The van der Waals surface area contributed by atoms with Crippen molar-refractivity contribution in [2.45, 2.75) is 13.8 Å². The highest BCUT2D eigenvalue weighted by Crippen LogP contribution is 2.35. The van der Waals surface area contributed by atoms with E-state index in [9.17, 15) is 0 Å². The molecule has 0 radical (unpaired) electrons. The average Bonchev–Trinajstić information content (AvgIpc) is 2.94. The van der Waals surface area contributed by atoms with Crippen LogP contribution in [0, 0.1) is 0 Å². The summed E-state index contributed by atoms with van der Waals surface area (Å²) >= 11 is 8.10. The minimum Gasteiger partial charge on any atom is -0.143 e. The molecule has 0 nitrogen and oxygen atoms in total. The minimum absolute atomic E-state index is 1.03. The van der Waals surface area contributed by atoms with E-state index in [0.29, 0.717) is 0 Å². The minimum atomic E-state index is 1.03. The van der Waals surface area contributed by atoms with Crippen LogP contribution in [0.1, 0.15) is 18.7 Å². The molecule has 0 aliphatic heterocycles. The predicted molar refractivity (Wildman–Crippen MR) is 84.0 cm³/mol. The Labute approximate surface area is 116 Å². The summed E-state index contributed by atoms with van der Waals surface area (Å²) in [5, 5.41) is 2.11. The van der Waals surface area contributed by atoms with Crippen molar-refractivity contribution in [1.82, 2.24) is 0 Å². The maximum absolute atomic E-state index is 4.54. The number of hydrogen-bond acceptors (Lipinski definition) is 3. The Morgan fingerprint density at radius 3 is 2.59 bits per heavy atom. The summed E-state index contributed by atoms with van der Waals surface area (Å²) < 4.78 is 0. The maximum atomic E-state index is 4.54. The summed E-state index contributed by atoms with van der Waals surface area (Å²) in [6.45, 7) is 4.17. The van der Waals surface area contributed by atoms with Gasteiger partial charge in [-0.05, 0) is 43.5 Å². The van der Waals surface area contributed by atoms with Gasteiger partial charge in [0.2, 0.25) is 0 Å². The van der Waals surface area contributed by atoms with Crippen molar-refractivity contribution in [3.63, 3.8) is 0 Å². The van der Waals surface area contributed by atoms with Gasteiger partial charge in [-0.15, -0.1) is 35.3 Å². The second-order valence-corrected chi connectivity index (χ2v) is 6.45. The zero-order valence-corrected chi connectivity index (χ0v) is 12.3. The predicted octanol–water partition coefficient (Wildman–Crippen LogP) is 5.71. The lowest BCUT2D eigenvalue weighted by Gasteiger charge is -1.93. The fourth-order valence-corrected chi connectivity index (χ4v) is 3.41. The fraction of sp³-hybridized carbons (Fsp3) is 0.143. The number of allylic oxidation sites excluding steroid dienone is 3. The molecule has 0 saturated carbocycles. The van der Waals surface area contributed by atoms with E-state index in [4.69, 9.17) is 0 Å². The molecule has 3 heteroatoms. The molecule has 0 bridgehead atoms. The van der Waals surface area contributed by atoms with Crippen LogP contribution >= 0.6 is 35.3 Å². The molecule has 88 valence electrons. The van der Waals surface area contributed by atoms with Crippen LogP contribution < -0.4 is 0 Å². The molecule has 17 heavy (non-hydrogen) atoms. The van der Waals surface area contributed by atoms with Gasteiger partial charge in [-0.2, -0.15) is 0 Å². The van der Waals surface area contributed by atoms with Crippen molar-refractivity contribution in [2.75, 3.05) is 0 Å². The number of thiol groups is 1. The first-order valence-corrected chi connectivity index (χ1v) is 7.49. The third-order valence-electron chi connectivity index (χ3n) is 2.20. The van der Waals surface area contributed by atoms with Crippen LogP contribution in [0.2, 0.25) is 0 Å². The molecule has 0 saturated heterocycles. The lowest BCUT2D eigenvalue weighted by atomic mass is 10.3. The van der Waals surface area contributed by atoms with Gasteiger partial charge in [-0.3, -0.25) is 0 Å². The Bertz CT molecular complexity index is 538. The standard InChI is InChI=1S/C14H14S3/c1-10(2)5-6-11(15)12-7-8-14(17-12)13-4-3-9-16-13/h3-9,15H,1-2H3/b11-6-. The molecular formula is C14H14S3. The molecule has 2 aromatic rings. The molecule has 2 aromatic heterocycles. The SMILES string of the molecule is CC(C)=C/C=C(\S)c1ccc(-c2cccs2)s1. The van der Waals surface area contributed by atoms with Crippen molar-refractivity contribution in [3.05, 3.63) is 52.2 Å². The normalized spacial score (nSPS) is 11.6. The second kappa shape index (κ2) is 5.71. The van der Waals surface area contributed by atoms with Crippen LogP contribution in [-0.4, -0.2) is 0 Å². The highest BCUT2D eigenvalue weighted by atomic mass is 32.1. The lowest BCUT2D eigenvalue weighted by Crippen LogP contribution is -1.67. The quantitative estimate of drug-likeness (QED) is 0.539.